The van der Waals surface area contributed by atoms with Crippen molar-refractivity contribution in [2.24, 2.45) is 0 Å². The van der Waals surface area contributed by atoms with E-state index in [4.69, 9.17) is 11.6 Å². The minimum Gasteiger partial charge on any atom is -0.283 e. The minimum atomic E-state index is -0.0123. The Balaban J connectivity index is 2.63. The fraction of sp³-hybridized carbons (Fsp3) is 0.250. The van der Waals surface area contributed by atoms with Gasteiger partial charge < -0.3 is 0 Å². The van der Waals surface area contributed by atoms with E-state index in [2.05, 4.69) is 0 Å². The van der Waals surface area contributed by atoms with E-state index in [9.17, 15) is 4.79 Å². The highest BCUT2D eigenvalue weighted by molar-refractivity contribution is 6.30. The highest BCUT2D eigenvalue weighted by Gasteiger charge is 2.07. The highest BCUT2D eigenvalue weighted by Crippen LogP contribution is 2.13. The molecule has 0 fully saturated rings. The minimum absolute atomic E-state index is 0.0123. The van der Waals surface area contributed by atoms with Gasteiger partial charge in [0.15, 0.2) is 0 Å². The SMILES string of the molecule is CCn1c(C)cc(=O)n1-c1ccc(Cl)cc1. The second-order valence-corrected chi connectivity index (χ2v) is 4.06. The van der Waals surface area contributed by atoms with Gasteiger partial charge in [0.1, 0.15) is 0 Å². The quantitative estimate of drug-likeness (QED) is 0.788. The van der Waals surface area contributed by atoms with Crippen LogP contribution in [0.25, 0.3) is 5.69 Å². The van der Waals surface area contributed by atoms with Crippen molar-refractivity contribution in [1.82, 2.24) is 9.36 Å². The summed E-state index contributed by atoms with van der Waals surface area (Å²) in [5.74, 6) is 0. The van der Waals surface area contributed by atoms with Gasteiger partial charge in [-0.05, 0) is 38.1 Å². The Morgan fingerprint density at radius 3 is 2.44 bits per heavy atom. The molecule has 2 rings (SSSR count). The Kier molecular flexibility index (Phi) is 2.88. The molecule has 0 bridgehead atoms. The lowest BCUT2D eigenvalue weighted by molar-refractivity contribution is 0.559. The molecular formula is C12H13ClN2O. The molecule has 1 aromatic heterocycles. The molecule has 0 unspecified atom stereocenters. The maximum absolute atomic E-state index is 11.8. The zero-order valence-electron chi connectivity index (χ0n) is 9.27. The smallest absolute Gasteiger partial charge is 0.271 e. The average molecular weight is 237 g/mol. The number of aromatic nitrogens is 2. The maximum Gasteiger partial charge on any atom is 0.271 e. The zero-order valence-corrected chi connectivity index (χ0v) is 10.0. The van der Waals surface area contributed by atoms with Gasteiger partial charge in [-0.25, -0.2) is 4.68 Å². The number of halogens is 1. The third-order valence-electron chi connectivity index (χ3n) is 2.56. The molecule has 0 amide bonds. The standard InChI is InChI=1S/C12H13ClN2O/c1-3-14-9(2)8-12(16)15(14)11-6-4-10(13)5-7-11/h4-8H,3H2,1-2H3. The zero-order chi connectivity index (χ0) is 11.7. The molecule has 0 aliphatic heterocycles. The van der Waals surface area contributed by atoms with E-state index < -0.39 is 0 Å². The van der Waals surface area contributed by atoms with Crippen molar-refractivity contribution < 1.29 is 0 Å². The van der Waals surface area contributed by atoms with Gasteiger partial charge in [-0.3, -0.25) is 9.48 Å². The van der Waals surface area contributed by atoms with E-state index >= 15 is 0 Å². The lowest BCUT2D eigenvalue weighted by Crippen LogP contribution is -2.20. The van der Waals surface area contributed by atoms with Crippen LogP contribution in [0, 0.1) is 6.92 Å². The first-order valence-electron chi connectivity index (χ1n) is 5.19. The summed E-state index contributed by atoms with van der Waals surface area (Å²) in [5.41, 5.74) is 1.79. The molecule has 0 aliphatic carbocycles. The molecule has 0 saturated heterocycles. The number of hydrogen-bond acceptors (Lipinski definition) is 1. The molecule has 84 valence electrons. The van der Waals surface area contributed by atoms with E-state index in [0.717, 1.165) is 17.9 Å². The van der Waals surface area contributed by atoms with Crippen molar-refractivity contribution >= 4 is 11.6 Å². The number of rotatable bonds is 2. The summed E-state index contributed by atoms with van der Waals surface area (Å²) in [7, 11) is 0. The molecule has 0 spiro atoms. The van der Waals surface area contributed by atoms with Gasteiger partial charge in [-0.1, -0.05) is 11.6 Å². The van der Waals surface area contributed by atoms with Gasteiger partial charge in [-0.15, -0.1) is 0 Å². The average Bonchev–Trinajstić information content (AvgIpc) is 2.54. The number of hydrogen-bond donors (Lipinski definition) is 0. The second kappa shape index (κ2) is 4.18. The van der Waals surface area contributed by atoms with Crippen LogP contribution in [0.1, 0.15) is 12.6 Å². The van der Waals surface area contributed by atoms with Gasteiger partial charge in [-0.2, -0.15) is 0 Å². The predicted molar refractivity (Wildman–Crippen MR) is 65.5 cm³/mol. The van der Waals surface area contributed by atoms with Crippen molar-refractivity contribution in [3.63, 3.8) is 0 Å². The molecule has 0 atom stereocenters. The summed E-state index contributed by atoms with van der Waals surface area (Å²) in [5, 5.41) is 0.670. The number of nitrogens with zero attached hydrogens (tertiary/aromatic N) is 2. The molecule has 0 radical (unpaired) electrons. The molecule has 16 heavy (non-hydrogen) atoms. The summed E-state index contributed by atoms with van der Waals surface area (Å²) < 4.78 is 3.59. The molecule has 3 nitrogen and oxygen atoms in total. The van der Waals surface area contributed by atoms with Gasteiger partial charge in [0.05, 0.1) is 5.69 Å². The van der Waals surface area contributed by atoms with Crippen LogP contribution in [-0.2, 0) is 6.54 Å². The van der Waals surface area contributed by atoms with Crippen LogP contribution in [0.2, 0.25) is 5.02 Å². The van der Waals surface area contributed by atoms with E-state index in [1.807, 2.05) is 30.7 Å². The summed E-state index contributed by atoms with van der Waals surface area (Å²) in [6.45, 7) is 4.70. The van der Waals surface area contributed by atoms with E-state index in [1.165, 1.54) is 0 Å². The van der Waals surface area contributed by atoms with Crippen LogP contribution in [0.4, 0.5) is 0 Å². The predicted octanol–water partition coefficient (Wildman–Crippen LogP) is 2.62. The van der Waals surface area contributed by atoms with Crippen molar-refractivity contribution in [1.29, 1.82) is 0 Å². The topological polar surface area (TPSA) is 26.9 Å². The first kappa shape index (κ1) is 11.0. The van der Waals surface area contributed by atoms with E-state index in [0.29, 0.717) is 5.02 Å². The van der Waals surface area contributed by atoms with Crippen LogP contribution >= 0.6 is 11.6 Å². The fourth-order valence-corrected chi connectivity index (χ4v) is 1.96. The highest BCUT2D eigenvalue weighted by atomic mass is 35.5. The number of aryl methyl sites for hydroxylation is 1. The largest absolute Gasteiger partial charge is 0.283 e. The van der Waals surface area contributed by atoms with E-state index in [1.54, 1.807) is 22.9 Å². The Morgan fingerprint density at radius 1 is 1.25 bits per heavy atom. The molecule has 2 aromatic rings. The third kappa shape index (κ3) is 1.78. The number of benzene rings is 1. The van der Waals surface area contributed by atoms with Gasteiger partial charge in [0.25, 0.3) is 5.56 Å². The molecule has 1 aromatic carbocycles. The summed E-state index contributed by atoms with van der Waals surface area (Å²) in [4.78, 5) is 11.8. The van der Waals surface area contributed by atoms with Crippen LogP contribution in [0.3, 0.4) is 0 Å². The van der Waals surface area contributed by atoms with Gasteiger partial charge in [0.2, 0.25) is 0 Å². The lowest BCUT2D eigenvalue weighted by Gasteiger charge is -2.11. The molecule has 0 aliphatic rings. The normalized spacial score (nSPS) is 10.7. The van der Waals surface area contributed by atoms with Crippen LogP contribution in [-0.4, -0.2) is 9.36 Å². The monoisotopic (exact) mass is 236 g/mol. The Labute approximate surface area is 98.9 Å². The molecular weight excluding hydrogens is 224 g/mol. The Bertz CT molecular complexity index is 551. The molecule has 0 N–H and O–H groups in total. The third-order valence-corrected chi connectivity index (χ3v) is 2.81. The molecule has 1 heterocycles. The fourth-order valence-electron chi connectivity index (χ4n) is 1.83. The molecule has 0 saturated carbocycles. The van der Waals surface area contributed by atoms with Gasteiger partial charge in [0, 0.05) is 23.3 Å². The summed E-state index contributed by atoms with van der Waals surface area (Å²) in [6, 6.07) is 8.89. The molecule has 4 heteroatoms. The Morgan fingerprint density at radius 2 is 1.88 bits per heavy atom. The van der Waals surface area contributed by atoms with Crippen LogP contribution in [0.5, 0.6) is 0 Å². The van der Waals surface area contributed by atoms with Gasteiger partial charge >= 0.3 is 0 Å². The van der Waals surface area contributed by atoms with Crippen LogP contribution < -0.4 is 5.56 Å². The first-order chi connectivity index (χ1) is 7.63. The van der Waals surface area contributed by atoms with Crippen molar-refractivity contribution in [3.05, 3.63) is 51.4 Å². The summed E-state index contributed by atoms with van der Waals surface area (Å²) in [6.07, 6.45) is 0. The first-order valence-corrected chi connectivity index (χ1v) is 5.56. The van der Waals surface area contributed by atoms with Crippen molar-refractivity contribution in [2.45, 2.75) is 20.4 Å². The van der Waals surface area contributed by atoms with Crippen molar-refractivity contribution in [3.8, 4) is 5.69 Å². The van der Waals surface area contributed by atoms with Crippen LogP contribution in [0.15, 0.2) is 35.1 Å². The summed E-state index contributed by atoms with van der Waals surface area (Å²) >= 11 is 5.82. The van der Waals surface area contributed by atoms with E-state index in [-0.39, 0.29) is 5.56 Å². The lowest BCUT2D eigenvalue weighted by atomic mass is 10.3. The van der Waals surface area contributed by atoms with Crippen molar-refractivity contribution in [2.75, 3.05) is 0 Å². The maximum atomic E-state index is 11.8. The Hall–Kier alpha value is -1.48. The second-order valence-electron chi connectivity index (χ2n) is 3.63.